The van der Waals surface area contributed by atoms with Gasteiger partial charge in [0.1, 0.15) is 0 Å². The summed E-state index contributed by atoms with van der Waals surface area (Å²) < 4.78 is 8.50. The predicted molar refractivity (Wildman–Crippen MR) is 200 cm³/mol. The number of rotatable bonds is 7. The first-order valence-electron chi connectivity index (χ1n) is 16.3. The second kappa shape index (κ2) is 12.1. The molecule has 49 heavy (non-hydrogen) atoms. The SMILES string of the molecule is c1ccc(-c2ccc(-c3nnc(-c4ccc(N(c5ccccc5)c5ccc6c(c5)c5ccccc5n6-c5ccccc5)cc4)o3)cc2)cc1. The molecule has 9 aromatic rings. The van der Waals surface area contributed by atoms with Crippen LogP contribution >= 0.6 is 0 Å². The zero-order valence-electron chi connectivity index (χ0n) is 26.5. The van der Waals surface area contributed by atoms with Crippen molar-refractivity contribution in [3.05, 3.63) is 182 Å². The molecular weight excluding hydrogens is 601 g/mol. The minimum absolute atomic E-state index is 0.482. The summed E-state index contributed by atoms with van der Waals surface area (Å²) in [5.41, 5.74) is 10.7. The molecule has 0 radical (unpaired) electrons. The molecule has 0 N–H and O–H groups in total. The van der Waals surface area contributed by atoms with E-state index in [0.29, 0.717) is 11.8 Å². The maximum Gasteiger partial charge on any atom is 0.248 e. The fourth-order valence-electron chi connectivity index (χ4n) is 6.62. The number of aromatic nitrogens is 3. The highest BCUT2D eigenvalue weighted by molar-refractivity contribution is 6.10. The van der Waals surface area contributed by atoms with E-state index in [9.17, 15) is 0 Å². The van der Waals surface area contributed by atoms with Gasteiger partial charge in [-0.05, 0) is 96.1 Å². The maximum absolute atomic E-state index is 6.16. The van der Waals surface area contributed by atoms with Crippen LogP contribution < -0.4 is 4.90 Å². The van der Waals surface area contributed by atoms with Gasteiger partial charge in [-0.3, -0.25) is 0 Å². The van der Waals surface area contributed by atoms with E-state index in [-0.39, 0.29) is 0 Å². The van der Waals surface area contributed by atoms with E-state index < -0.39 is 0 Å². The van der Waals surface area contributed by atoms with E-state index in [4.69, 9.17) is 4.42 Å². The Balaban J connectivity index is 1.07. The highest BCUT2D eigenvalue weighted by Gasteiger charge is 2.18. The molecule has 0 amide bonds. The van der Waals surface area contributed by atoms with Crippen molar-refractivity contribution in [3.63, 3.8) is 0 Å². The lowest BCUT2D eigenvalue weighted by atomic mass is 10.0. The molecule has 0 aliphatic heterocycles. The number of benzene rings is 7. The standard InChI is InChI=1S/C44H30N4O/c1-4-12-31(13-5-1)32-20-22-33(23-21-32)43-45-46-44(49-43)34-24-26-37(27-25-34)47(35-14-6-2-7-15-35)38-28-29-42-40(30-38)39-18-10-11-19-41(39)48(42)36-16-8-3-9-17-36/h1-30H. The van der Waals surface area contributed by atoms with E-state index in [1.54, 1.807) is 0 Å². The van der Waals surface area contributed by atoms with Crippen LogP contribution in [0.5, 0.6) is 0 Å². The van der Waals surface area contributed by atoms with Gasteiger partial charge in [-0.25, -0.2) is 0 Å². The van der Waals surface area contributed by atoms with E-state index in [0.717, 1.165) is 39.4 Å². The minimum Gasteiger partial charge on any atom is -0.416 e. The quantitative estimate of drug-likeness (QED) is 0.176. The molecule has 0 saturated heterocycles. The average molecular weight is 631 g/mol. The first kappa shape index (κ1) is 28.5. The molecule has 0 aliphatic rings. The van der Waals surface area contributed by atoms with Gasteiger partial charge in [-0.1, -0.05) is 97.1 Å². The van der Waals surface area contributed by atoms with E-state index >= 15 is 0 Å². The van der Waals surface area contributed by atoms with Crippen molar-refractivity contribution < 1.29 is 4.42 Å². The van der Waals surface area contributed by atoms with Gasteiger partial charge in [-0.15, -0.1) is 10.2 Å². The molecule has 0 fully saturated rings. The Labute approximate surface area is 284 Å². The first-order chi connectivity index (χ1) is 24.3. The van der Waals surface area contributed by atoms with Crippen molar-refractivity contribution in [3.8, 4) is 39.7 Å². The van der Waals surface area contributed by atoms with Crippen molar-refractivity contribution in [2.45, 2.75) is 0 Å². The zero-order valence-corrected chi connectivity index (χ0v) is 26.5. The Bertz CT molecular complexity index is 2520. The molecule has 9 rings (SSSR count). The van der Waals surface area contributed by atoms with Crippen molar-refractivity contribution in [1.82, 2.24) is 14.8 Å². The van der Waals surface area contributed by atoms with Crippen LogP contribution in [0, 0.1) is 0 Å². The van der Waals surface area contributed by atoms with Crippen molar-refractivity contribution >= 4 is 38.9 Å². The fourth-order valence-corrected chi connectivity index (χ4v) is 6.62. The number of nitrogens with zero attached hydrogens (tertiary/aromatic N) is 4. The van der Waals surface area contributed by atoms with Gasteiger partial charge in [0.05, 0.1) is 11.0 Å². The first-order valence-corrected chi connectivity index (χ1v) is 16.3. The lowest BCUT2D eigenvalue weighted by Crippen LogP contribution is -2.09. The van der Waals surface area contributed by atoms with Crippen molar-refractivity contribution in [2.24, 2.45) is 0 Å². The molecule has 7 aromatic carbocycles. The Hall–Kier alpha value is -6.72. The smallest absolute Gasteiger partial charge is 0.248 e. The Morgan fingerprint density at radius 3 is 1.57 bits per heavy atom. The molecule has 0 spiro atoms. The third-order valence-corrected chi connectivity index (χ3v) is 8.98. The molecule has 5 nitrogen and oxygen atoms in total. The molecule has 0 saturated carbocycles. The molecule has 5 heteroatoms. The van der Waals surface area contributed by atoms with Gasteiger partial charge in [0, 0.05) is 44.6 Å². The number of hydrogen-bond acceptors (Lipinski definition) is 4. The Morgan fingerprint density at radius 1 is 0.388 bits per heavy atom. The van der Waals surface area contributed by atoms with Crippen LogP contribution in [0.15, 0.2) is 186 Å². The minimum atomic E-state index is 0.482. The number of anilines is 3. The van der Waals surface area contributed by atoms with Gasteiger partial charge in [0.15, 0.2) is 0 Å². The molecule has 2 aromatic heterocycles. The zero-order chi connectivity index (χ0) is 32.6. The van der Waals surface area contributed by atoms with E-state index in [2.05, 4.69) is 153 Å². The van der Waals surface area contributed by atoms with Crippen molar-refractivity contribution in [2.75, 3.05) is 4.90 Å². The summed E-state index contributed by atoms with van der Waals surface area (Å²) >= 11 is 0. The van der Waals surface area contributed by atoms with Crippen LogP contribution in [0.3, 0.4) is 0 Å². The molecule has 232 valence electrons. The van der Waals surface area contributed by atoms with Crippen LogP contribution in [0.25, 0.3) is 61.5 Å². The number of hydrogen-bond donors (Lipinski definition) is 0. The average Bonchev–Trinajstić information content (AvgIpc) is 3.80. The molecule has 2 heterocycles. The maximum atomic E-state index is 6.16. The largest absolute Gasteiger partial charge is 0.416 e. The second-order valence-electron chi connectivity index (χ2n) is 12.0. The van der Waals surface area contributed by atoms with Gasteiger partial charge >= 0.3 is 0 Å². The summed E-state index contributed by atoms with van der Waals surface area (Å²) in [5.74, 6) is 0.975. The second-order valence-corrected chi connectivity index (χ2v) is 12.0. The summed E-state index contributed by atoms with van der Waals surface area (Å²) in [6.45, 7) is 0. The normalized spacial score (nSPS) is 11.3. The highest BCUT2D eigenvalue weighted by atomic mass is 16.4. The number of para-hydroxylation sites is 3. The predicted octanol–water partition coefficient (Wildman–Crippen LogP) is 11.6. The monoisotopic (exact) mass is 630 g/mol. The molecule has 0 bridgehead atoms. The van der Waals surface area contributed by atoms with Gasteiger partial charge in [-0.2, -0.15) is 0 Å². The van der Waals surface area contributed by atoms with Crippen LogP contribution in [0.1, 0.15) is 0 Å². The summed E-state index contributed by atoms with van der Waals surface area (Å²) in [5, 5.41) is 11.2. The molecule has 0 aliphatic carbocycles. The van der Waals surface area contributed by atoms with Gasteiger partial charge < -0.3 is 13.9 Å². The summed E-state index contributed by atoms with van der Waals surface area (Å²) in [7, 11) is 0. The third-order valence-electron chi connectivity index (χ3n) is 8.98. The van der Waals surface area contributed by atoms with E-state index in [1.165, 1.54) is 27.4 Å². The van der Waals surface area contributed by atoms with Crippen LogP contribution in [-0.2, 0) is 0 Å². The Morgan fingerprint density at radius 2 is 0.878 bits per heavy atom. The van der Waals surface area contributed by atoms with Crippen LogP contribution in [0.4, 0.5) is 17.1 Å². The fraction of sp³-hybridized carbons (Fsp3) is 0. The highest BCUT2D eigenvalue weighted by Crippen LogP contribution is 2.40. The van der Waals surface area contributed by atoms with Gasteiger partial charge in [0.25, 0.3) is 0 Å². The molecule has 0 unspecified atom stereocenters. The third kappa shape index (κ3) is 5.24. The lowest BCUT2D eigenvalue weighted by Gasteiger charge is -2.25. The van der Waals surface area contributed by atoms with Gasteiger partial charge in [0.2, 0.25) is 11.8 Å². The summed E-state index contributed by atoms with van der Waals surface area (Å²) in [4.78, 5) is 2.28. The van der Waals surface area contributed by atoms with Crippen LogP contribution in [-0.4, -0.2) is 14.8 Å². The summed E-state index contributed by atoms with van der Waals surface area (Å²) in [6, 6.07) is 63.2. The van der Waals surface area contributed by atoms with Crippen LogP contribution in [0.2, 0.25) is 0 Å². The van der Waals surface area contributed by atoms with Crippen molar-refractivity contribution in [1.29, 1.82) is 0 Å². The molecular formula is C44H30N4O. The summed E-state index contributed by atoms with van der Waals surface area (Å²) in [6.07, 6.45) is 0. The van der Waals surface area contributed by atoms with E-state index in [1.807, 2.05) is 48.5 Å². The lowest BCUT2D eigenvalue weighted by molar-refractivity contribution is 0.584. The number of fused-ring (bicyclic) bond motifs is 3. The Kier molecular flexibility index (Phi) is 7.06. The molecule has 0 atom stereocenters. The topological polar surface area (TPSA) is 47.1 Å².